The van der Waals surface area contributed by atoms with E-state index < -0.39 is 21.0 Å². The third-order valence-corrected chi connectivity index (χ3v) is 9.27. The second-order valence-electron chi connectivity index (χ2n) is 9.59. The van der Waals surface area contributed by atoms with Crippen molar-refractivity contribution in [1.82, 2.24) is 19.8 Å². The maximum absolute atomic E-state index is 13.1. The molecule has 2 amide bonds. The number of aryl methyl sites for hydroxylation is 1. The molecule has 5 aliphatic carbocycles. The van der Waals surface area contributed by atoms with Crippen LogP contribution in [0.1, 0.15) is 44.9 Å². The summed E-state index contributed by atoms with van der Waals surface area (Å²) < 4.78 is 29.3. The summed E-state index contributed by atoms with van der Waals surface area (Å²) in [5.41, 5.74) is 4.24. The number of nitrogens with zero attached hydrogens (tertiary/aromatic N) is 2. The fraction of sp³-hybridized carbons (Fsp3) is 0.737. The summed E-state index contributed by atoms with van der Waals surface area (Å²) >= 11 is 0. The fourth-order valence-corrected chi connectivity index (χ4v) is 7.84. The van der Waals surface area contributed by atoms with E-state index in [-0.39, 0.29) is 34.7 Å². The molecule has 158 valence electrons. The summed E-state index contributed by atoms with van der Waals surface area (Å²) in [6.07, 6.45) is 6.72. The van der Waals surface area contributed by atoms with E-state index in [0.717, 1.165) is 32.1 Å². The van der Waals surface area contributed by atoms with Crippen molar-refractivity contribution in [2.75, 3.05) is 0 Å². The monoisotopic (exact) mass is 421 g/mol. The van der Waals surface area contributed by atoms with E-state index in [1.165, 1.54) is 16.9 Å². The molecule has 0 aliphatic heterocycles. The van der Waals surface area contributed by atoms with Crippen LogP contribution in [0.4, 0.5) is 0 Å². The Morgan fingerprint density at radius 3 is 2.38 bits per heavy atom. The minimum Gasteiger partial charge on any atom is -0.369 e. The number of amides is 2. The van der Waals surface area contributed by atoms with E-state index in [2.05, 4.69) is 15.1 Å². The first kappa shape index (κ1) is 19.0. The predicted octanol–water partition coefficient (Wildman–Crippen LogP) is 0.0274. The number of carbonyl (C=O) groups is 2. The standard InChI is InChI=1S/C19H27N5O4S/c1-24-14(2-5-21-24)29(27,28)23-19(3-4-19)17(26)22-15-12-6-11-7-13(15)10-18(8-11,9-12)16(20)25/h2,5,11-13,15,23H,3-4,6-10H2,1H3,(H2,20,25)(H,22,26). The van der Waals surface area contributed by atoms with E-state index in [9.17, 15) is 18.0 Å². The number of nitrogens with one attached hydrogen (secondary N) is 2. The molecule has 5 aliphatic rings. The molecule has 29 heavy (non-hydrogen) atoms. The third kappa shape index (κ3) is 2.91. The van der Waals surface area contributed by atoms with Crippen LogP contribution >= 0.6 is 0 Å². The highest BCUT2D eigenvalue weighted by Gasteiger charge is 2.60. The Morgan fingerprint density at radius 1 is 1.21 bits per heavy atom. The van der Waals surface area contributed by atoms with Crippen molar-refractivity contribution >= 4 is 21.8 Å². The second kappa shape index (κ2) is 6.04. The molecular weight excluding hydrogens is 394 g/mol. The van der Waals surface area contributed by atoms with Gasteiger partial charge in [-0.15, -0.1) is 0 Å². The van der Waals surface area contributed by atoms with E-state index in [0.29, 0.717) is 18.8 Å². The Bertz CT molecular complexity index is 966. The van der Waals surface area contributed by atoms with Crippen molar-refractivity contribution in [1.29, 1.82) is 0 Å². The first-order valence-corrected chi connectivity index (χ1v) is 11.8. The second-order valence-corrected chi connectivity index (χ2v) is 11.2. The molecule has 4 bridgehead atoms. The van der Waals surface area contributed by atoms with Gasteiger partial charge in [0.25, 0.3) is 10.0 Å². The Kier molecular flexibility index (Phi) is 3.97. The summed E-state index contributed by atoms with van der Waals surface area (Å²) in [6, 6.07) is 1.41. The lowest BCUT2D eigenvalue weighted by Crippen LogP contribution is -2.64. The molecule has 1 aromatic heterocycles. The molecule has 2 unspecified atom stereocenters. The fourth-order valence-electron chi connectivity index (χ4n) is 6.29. The van der Waals surface area contributed by atoms with E-state index in [1.54, 1.807) is 7.05 Å². The number of hydrogen-bond donors (Lipinski definition) is 3. The number of rotatable bonds is 6. The van der Waals surface area contributed by atoms with Crippen LogP contribution in [-0.4, -0.2) is 41.6 Å². The molecule has 0 aromatic carbocycles. The quantitative estimate of drug-likeness (QED) is 0.595. The minimum atomic E-state index is -3.84. The van der Waals surface area contributed by atoms with Gasteiger partial charge in [-0.05, 0) is 68.8 Å². The molecule has 10 heteroatoms. The molecule has 6 rings (SSSR count). The van der Waals surface area contributed by atoms with Crippen molar-refractivity contribution in [3.05, 3.63) is 12.3 Å². The number of primary amides is 1. The maximum atomic E-state index is 13.1. The molecule has 0 radical (unpaired) electrons. The van der Waals surface area contributed by atoms with Gasteiger partial charge in [-0.25, -0.2) is 8.42 Å². The molecule has 5 saturated carbocycles. The highest BCUT2D eigenvalue weighted by molar-refractivity contribution is 7.89. The normalized spacial score (nSPS) is 36.7. The van der Waals surface area contributed by atoms with Gasteiger partial charge in [0, 0.05) is 18.5 Å². The number of nitrogens with two attached hydrogens (primary N) is 1. The van der Waals surface area contributed by atoms with Crippen LogP contribution in [0, 0.1) is 23.2 Å². The number of carbonyl (C=O) groups excluding carboxylic acids is 2. The van der Waals surface area contributed by atoms with Gasteiger partial charge >= 0.3 is 0 Å². The number of sulfonamides is 1. The zero-order valence-electron chi connectivity index (χ0n) is 16.4. The van der Waals surface area contributed by atoms with Crippen LogP contribution < -0.4 is 15.8 Å². The van der Waals surface area contributed by atoms with Gasteiger partial charge in [-0.3, -0.25) is 14.3 Å². The molecule has 0 saturated heterocycles. The highest BCUT2D eigenvalue weighted by Crippen LogP contribution is 2.60. The van der Waals surface area contributed by atoms with Crippen LogP contribution in [0.15, 0.2) is 17.3 Å². The molecule has 5 fully saturated rings. The maximum Gasteiger partial charge on any atom is 0.258 e. The molecular formula is C19H27N5O4S. The Balaban J connectivity index is 1.31. The summed E-state index contributed by atoms with van der Waals surface area (Å²) in [6.45, 7) is 0. The summed E-state index contributed by atoms with van der Waals surface area (Å²) in [5.74, 6) is 0.522. The zero-order valence-corrected chi connectivity index (χ0v) is 17.2. The van der Waals surface area contributed by atoms with Crippen molar-refractivity contribution in [2.45, 2.75) is 61.6 Å². The summed E-state index contributed by atoms with van der Waals surface area (Å²) in [7, 11) is -2.29. The Hall–Kier alpha value is -1.94. The minimum absolute atomic E-state index is 0.00907. The van der Waals surface area contributed by atoms with Gasteiger partial charge in [-0.1, -0.05) is 0 Å². The molecule has 1 aromatic rings. The summed E-state index contributed by atoms with van der Waals surface area (Å²) in [4.78, 5) is 25.2. The zero-order chi connectivity index (χ0) is 20.6. The topological polar surface area (TPSA) is 136 Å². The lowest BCUT2D eigenvalue weighted by Gasteiger charge is -2.59. The van der Waals surface area contributed by atoms with Crippen LogP contribution in [0.3, 0.4) is 0 Å². The first-order chi connectivity index (χ1) is 13.6. The van der Waals surface area contributed by atoms with Gasteiger partial charge in [0.15, 0.2) is 5.03 Å². The van der Waals surface area contributed by atoms with Crippen LogP contribution in [0.25, 0.3) is 0 Å². The van der Waals surface area contributed by atoms with Crippen LogP contribution in [0.5, 0.6) is 0 Å². The highest BCUT2D eigenvalue weighted by atomic mass is 32.2. The third-order valence-electron chi connectivity index (χ3n) is 7.66. The Labute approximate surface area is 169 Å². The van der Waals surface area contributed by atoms with Crippen LogP contribution in [-0.2, 0) is 26.7 Å². The van der Waals surface area contributed by atoms with E-state index >= 15 is 0 Å². The first-order valence-electron chi connectivity index (χ1n) is 10.3. The molecule has 4 N–H and O–H groups in total. The number of aromatic nitrogens is 2. The smallest absolute Gasteiger partial charge is 0.258 e. The average molecular weight is 422 g/mol. The molecule has 2 atom stereocenters. The van der Waals surface area contributed by atoms with Gasteiger partial charge in [-0.2, -0.15) is 9.82 Å². The van der Waals surface area contributed by atoms with Crippen molar-refractivity contribution in [3.8, 4) is 0 Å². The van der Waals surface area contributed by atoms with Crippen molar-refractivity contribution in [3.63, 3.8) is 0 Å². The van der Waals surface area contributed by atoms with E-state index in [4.69, 9.17) is 5.73 Å². The summed E-state index contributed by atoms with van der Waals surface area (Å²) in [5, 5.41) is 7.10. The van der Waals surface area contributed by atoms with Gasteiger partial charge in [0.2, 0.25) is 11.8 Å². The Morgan fingerprint density at radius 2 is 1.86 bits per heavy atom. The van der Waals surface area contributed by atoms with Crippen molar-refractivity contribution in [2.24, 2.45) is 36.0 Å². The van der Waals surface area contributed by atoms with Gasteiger partial charge in [0.1, 0.15) is 5.54 Å². The molecule has 0 spiro atoms. The van der Waals surface area contributed by atoms with E-state index in [1.807, 2.05) is 0 Å². The lowest BCUT2D eigenvalue weighted by atomic mass is 9.47. The van der Waals surface area contributed by atoms with Gasteiger partial charge < -0.3 is 11.1 Å². The SMILES string of the molecule is Cn1nccc1S(=O)(=O)NC1(C(=O)NC2C3CC4CC2CC(C(N)=O)(C4)C3)CC1. The molecule has 1 heterocycles. The van der Waals surface area contributed by atoms with Gasteiger partial charge in [0.05, 0.1) is 6.20 Å². The number of hydrogen-bond acceptors (Lipinski definition) is 5. The average Bonchev–Trinajstić information content (AvgIpc) is 3.27. The van der Waals surface area contributed by atoms with Crippen molar-refractivity contribution < 1.29 is 18.0 Å². The van der Waals surface area contributed by atoms with Crippen LogP contribution in [0.2, 0.25) is 0 Å². The largest absolute Gasteiger partial charge is 0.369 e. The predicted molar refractivity (Wildman–Crippen MR) is 103 cm³/mol. The molecule has 9 nitrogen and oxygen atoms in total. The lowest BCUT2D eigenvalue weighted by molar-refractivity contribution is -0.147.